The average Bonchev–Trinajstić information content (AvgIpc) is 1.69. The molecule has 0 heterocycles. The molecule has 0 spiro atoms. The topological polar surface area (TPSA) is 0 Å². The fourth-order valence-corrected chi connectivity index (χ4v) is 1.11. The lowest BCUT2D eigenvalue weighted by Gasteiger charge is -2.06. The van der Waals surface area contributed by atoms with E-state index in [1.54, 1.807) is 10.7 Å². The quantitative estimate of drug-likeness (QED) is 0.558. The Labute approximate surface area is 61.3 Å². The Morgan fingerprint density at radius 2 is 1.62 bits per heavy atom. The first-order chi connectivity index (χ1) is 3.72. The molecule has 0 aromatic rings. The second-order valence-electron chi connectivity index (χ2n) is 1.88. The Balaban J connectivity index is 3.68. The summed E-state index contributed by atoms with van der Waals surface area (Å²) < 4.78 is 0. The fourth-order valence-electron chi connectivity index (χ4n) is 0.304. The molecule has 0 aliphatic rings. The largest absolute Gasteiger partial charge is 0.0928 e. The summed E-state index contributed by atoms with van der Waals surface area (Å²) >= 11 is 9.41. The van der Waals surface area contributed by atoms with Crippen LogP contribution in [-0.2, 0) is 0 Å². The first kappa shape index (κ1) is 8.18. The molecule has 0 saturated heterocycles. The van der Waals surface area contributed by atoms with Crippen LogP contribution in [0.15, 0.2) is 0 Å². The average molecular weight is 145 g/mol. The maximum absolute atomic E-state index is 4.71. The van der Waals surface area contributed by atoms with Crippen LogP contribution in [0.2, 0.25) is 0 Å². The molecule has 0 aliphatic carbocycles. The zero-order valence-corrected chi connectivity index (χ0v) is 6.68. The van der Waals surface area contributed by atoms with Gasteiger partial charge in [-0.05, 0) is 16.7 Å². The first-order valence-corrected chi connectivity index (χ1v) is 3.37. The standard InChI is InChI=1S/C6H9S2/c1-5(2)6(3-7)4-8/h3-4,6H,1-2H3. The van der Waals surface area contributed by atoms with E-state index in [9.17, 15) is 0 Å². The molecule has 1 radical (unpaired) electrons. The van der Waals surface area contributed by atoms with Gasteiger partial charge in [-0.2, -0.15) is 0 Å². The summed E-state index contributed by atoms with van der Waals surface area (Å²) in [6, 6.07) is 0. The van der Waals surface area contributed by atoms with E-state index in [0.717, 1.165) is 0 Å². The van der Waals surface area contributed by atoms with Crippen LogP contribution in [0, 0.1) is 11.8 Å². The lowest BCUT2D eigenvalue weighted by molar-refractivity contribution is 0.946. The predicted molar refractivity (Wildman–Crippen MR) is 45.4 cm³/mol. The van der Waals surface area contributed by atoms with E-state index in [1.807, 2.05) is 13.8 Å². The lowest BCUT2D eigenvalue weighted by Crippen LogP contribution is -2.06. The van der Waals surface area contributed by atoms with Gasteiger partial charge in [0, 0.05) is 5.92 Å². The summed E-state index contributed by atoms with van der Waals surface area (Å²) in [7, 11) is 0. The van der Waals surface area contributed by atoms with Crippen LogP contribution in [-0.4, -0.2) is 10.7 Å². The molecule has 8 heavy (non-hydrogen) atoms. The second kappa shape index (κ2) is 4.10. The van der Waals surface area contributed by atoms with Crippen molar-refractivity contribution in [1.82, 2.24) is 0 Å². The van der Waals surface area contributed by atoms with Crippen LogP contribution in [0.3, 0.4) is 0 Å². The maximum Gasteiger partial charge on any atom is 0.0213 e. The zero-order valence-electron chi connectivity index (χ0n) is 5.05. The Hall–Kier alpha value is 0.180. The van der Waals surface area contributed by atoms with Crippen molar-refractivity contribution in [3.05, 3.63) is 5.92 Å². The van der Waals surface area contributed by atoms with Crippen molar-refractivity contribution in [2.24, 2.45) is 5.92 Å². The van der Waals surface area contributed by atoms with Crippen molar-refractivity contribution in [3.63, 3.8) is 0 Å². The highest BCUT2D eigenvalue weighted by Gasteiger charge is 2.04. The predicted octanol–water partition coefficient (Wildman–Crippen LogP) is 2.22. The molecular formula is C6H9S2. The lowest BCUT2D eigenvalue weighted by atomic mass is 10.0. The third-order valence-corrected chi connectivity index (χ3v) is 1.55. The maximum atomic E-state index is 4.71. The van der Waals surface area contributed by atoms with E-state index in [4.69, 9.17) is 24.4 Å². The molecular weight excluding hydrogens is 136 g/mol. The monoisotopic (exact) mass is 145 g/mol. The summed E-state index contributed by atoms with van der Waals surface area (Å²) in [4.78, 5) is 0. The Kier molecular flexibility index (Phi) is 4.19. The van der Waals surface area contributed by atoms with Gasteiger partial charge >= 0.3 is 0 Å². The van der Waals surface area contributed by atoms with Crippen molar-refractivity contribution in [1.29, 1.82) is 0 Å². The summed E-state index contributed by atoms with van der Waals surface area (Å²) in [5, 5.41) is 3.37. The minimum Gasteiger partial charge on any atom is -0.0928 e. The van der Waals surface area contributed by atoms with Gasteiger partial charge in [-0.3, -0.25) is 0 Å². The molecule has 0 saturated carbocycles. The number of thiocarbonyl (C=S) groups is 2. The molecule has 0 rings (SSSR count). The van der Waals surface area contributed by atoms with E-state index < -0.39 is 0 Å². The van der Waals surface area contributed by atoms with Gasteiger partial charge in [-0.15, -0.1) is 0 Å². The highest BCUT2D eigenvalue weighted by Crippen LogP contribution is 2.07. The Morgan fingerprint density at radius 3 is 1.62 bits per heavy atom. The minimum absolute atomic E-state index is 0.250. The van der Waals surface area contributed by atoms with Crippen LogP contribution in [0.4, 0.5) is 0 Å². The Bertz CT molecular complexity index is 78.5. The van der Waals surface area contributed by atoms with Crippen molar-refractivity contribution in [2.45, 2.75) is 13.8 Å². The molecule has 0 amide bonds. The highest BCUT2D eigenvalue weighted by molar-refractivity contribution is 7.80. The molecule has 2 heteroatoms. The number of hydrogen-bond donors (Lipinski definition) is 0. The van der Waals surface area contributed by atoms with Gasteiger partial charge in [0.2, 0.25) is 0 Å². The molecule has 0 aliphatic heterocycles. The Morgan fingerprint density at radius 1 is 1.25 bits per heavy atom. The van der Waals surface area contributed by atoms with E-state index in [2.05, 4.69) is 0 Å². The van der Waals surface area contributed by atoms with E-state index in [1.165, 1.54) is 5.92 Å². The van der Waals surface area contributed by atoms with Crippen molar-refractivity contribution in [2.75, 3.05) is 0 Å². The molecule has 0 N–H and O–H groups in total. The van der Waals surface area contributed by atoms with Gasteiger partial charge in [0.05, 0.1) is 0 Å². The molecule has 0 atom stereocenters. The minimum atomic E-state index is 0.250. The molecule has 0 nitrogen and oxygen atoms in total. The smallest absolute Gasteiger partial charge is 0.0213 e. The third kappa shape index (κ3) is 2.48. The molecule has 0 aromatic carbocycles. The number of rotatable bonds is 3. The SMILES string of the molecule is C[C](C)C(C=S)C=S. The summed E-state index contributed by atoms with van der Waals surface area (Å²) in [5.41, 5.74) is 0. The summed E-state index contributed by atoms with van der Waals surface area (Å²) in [6.45, 7) is 4.05. The van der Waals surface area contributed by atoms with Crippen LogP contribution in [0.25, 0.3) is 0 Å². The van der Waals surface area contributed by atoms with Gasteiger partial charge in [0.15, 0.2) is 0 Å². The van der Waals surface area contributed by atoms with Crippen LogP contribution < -0.4 is 0 Å². The molecule has 0 aromatic heterocycles. The first-order valence-electron chi connectivity index (χ1n) is 2.43. The van der Waals surface area contributed by atoms with Crippen LogP contribution in [0.5, 0.6) is 0 Å². The third-order valence-electron chi connectivity index (χ3n) is 0.960. The number of hydrogen-bond acceptors (Lipinski definition) is 2. The highest BCUT2D eigenvalue weighted by atomic mass is 32.1. The van der Waals surface area contributed by atoms with Gasteiger partial charge in [-0.1, -0.05) is 38.3 Å². The van der Waals surface area contributed by atoms with Crippen molar-refractivity contribution in [3.8, 4) is 0 Å². The van der Waals surface area contributed by atoms with Gasteiger partial charge in [0.1, 0.15) is 0 Å². The fraction of sp³-hybridized carbons (Fsp3) is 0.500. The normalized spacial score (nSPS) is 10.0. The molecule has 0 fully saturated rings. The van der Waals surface area contributed by atoms with Gasteiger partial charge in [-0.25, -0.2) is 0 Å². The van der Waals surface area contributed by atoms with Crippen LogP contribution >= 0.6 is 24.4 Å². The van der Waals surface area contributed by atoms with Crippen LogP contribution in [0.1, 0.15) is 13.8 Å². The van der Waals surface area contributed by atoms with Crippen molar-refractivity contribution >= 4 is 35.2 Å². The molecule has 0 unspecified atom stereocenters. The van der Waals surface area contributed by atoms with E-state index in [-0.39, 0.29) is 5.92 Å². The zero-order chi connectivity index (χ0) is 6.57. The van der Waals surface area contributed by atoms with Crippen molar-refractivity contribution < 1.29 is 0 Å². The van der Waals surface area contributed by atoms with Gasteiger partial charge < -0.3 is 0 Å². The summed E-state index contributed by atoms with van der Waals surface area (Å²) in [6.07, 6.45) is 0. The van der Waals surface area contributed by atoms with Gasteiger partial charge in [0.25, 0.3) is 0 Å². The van der Waals surface area contributed by atoms with E-state index >= 15 is 0 Å². The molecule has 45 valence electrons. The van der Waals surface area contributed by atoms with E-state index in [0.29, 0.717) is 0 Å². The molecule has 0 bridgehead atoms. The summed E-state index contributed by atoms with van der Waals surface area (Å²) in [5.74, 6) is 1.51. The second-order valence-corrected chi connectivity index (χ2v) is 2.42.